The molecule has 0 aliphatic heterocycles. The lowest BCUT2D eigenvalue weighted by molar-refractivity contribution is 0.0970. The van der Waals surface area contributed by atoms with E-state index in [0.717, 1.165) is 9.37 Å². The Hall–Kier alpha value is -2.05. The lowest BCUT2D eigenvalue weighted by Crippen LogP contribution is -2.31. The topological polar surface area (TPSA) is 72.2 Å². The van der Waals surface area contributed by atoms with Gasteiger partial charge in [-0.25, -0.2) is 0 Å². The normalized spacial score (nSPS) is 14.0. The highest BCUT2D eigenvalue weighted by Crippen LogP contribution is 2.26. The van der Waals surface area contributed by atoms with Crippen molar-refractivity contribution in [2.45, 2.75) is 4.90 Å². The lowest BCUT2D eigenvalue weighted by Gasteiger charge is -2.19. The second kappa shape index (κ2) is 5.98. The number of fused-ring (bicyclic) bond motifs is 1. The molecule has 3 rings (SSSR count). The number of rotatable bonds is 3. The average Bonchev–Trinajstić information content (AvgIpc) is 2.54. The van der Waals surface area contributed by atoms with Crippen LogP contribution < -0.4 is 10.5 Å². The van der Waals surface area contributed by atoms with Gasteiger partial charge >= 0.3 is 0 Å². The minimum atomic E-state index is -0.325. The molecule has 4 nitrogen and oxygen atoms in total. The monoisotopic (exact) mass is 374 g/mol. The third-order valence-corrected chi connectivity index (χ3v) is 4.58. The van der Waals surface area contributed by atoms with E-state index in [9.17, 15) is 9.59 Å². The summed E-state index contributed by atoms with van der Waals surface area (Å²) in [5.41, 5.74) is 6.66. The van der Waals surface area contributed by atoms with Crippen molar-refractivity contribution in [2.75, 3.05) is 0 Å². The molecule has 0 amide bonds. The molecule has 6 heteroatoms. The number of hydrogen-bond acceptors (Lipinski definition) is 5. The maximum absolute atomic E-state index is 12.5. The molecule has 22 heavy (non-hydrogen) atoms. The van der Waals surface area contributed by atoms with Gasteiger partial charge in [0.2, 0.25) is 11.6 Å². The molecule has 0 radical (unpaired) electrons. The molecule has 3 N–H and O–H groups in total. The summed E-state index contributed by atoms with van der Waals surface area (Å²) < 4.78 is 3.88. The Balaban J connectivity index is 1.87. The highest BCUT2D eigenvalue weighted by Gasteiger charge is 2.30. The van der Waals surface area contributed by atoms with E-state index in [1.54, 1.807) is 24.3 Å². The predicted molar refractivity (Wildman–Crippen MR) is 89.5 cm³/mol. The van der Waals surface area contributed by atoms with E-state index >= 15 is 0 Å². The van der Waals surface area contributed by atoms with Crippen molar-refractivity contribution >= 4 is 39.4 Å². The van der Waals surface area contributed by atoms with Gasteiger partial charge in [-0.05, 0) is 36.2 Å². The summed E-state index contributed by atoms with van der Waals surface area (Å²) in [6.07, 6.45) is 0. The van der Waals surface area contributed by atoms with Gasteiger partial charge in [-0.3, -0.25) is 9.59 Å². The molecule has 0 bridgehead atoms. The highest BCUT2D eigenvalue weighted by atomic mass is 79.9. The molecule has 0 heterocycles. The van der Waals surface area contributed by atoms with Crippen LogP contribution in [0.5, 0.6) is 0 Å². The Morgan fingerprint density at radius 3 is 2.14 bits per heavy atom. The predicted octanol–water partition coefficient (Wildman–Crippen LogP) is 3.30. The summed E-state index contributed by atoms with van der Waals surface area (Å²) in [6.45, 7) is 0. The molecule has 0 aromatic heterocycles. The van der Waals surface area contributed by atoms with Gasteiger partial charge in [-0.1, -0.05) is 40.2 Å². The Morgan fingerprint density at radius 2 is 1.50 bits per heavy atom. The van der Waals surface area contributed by atoms with E-state index in [1.807, 2.05) is 24.3 Å². The number of allylic oxidation sites excluding steroid dienone is 2. The maximum Gasteiger partial charge on any atom is 0.212 e. The van der Waals surface area contributed by atoms with E-state index in [0.29, 0.717) is 11.1 Å². The van der Waals surface area contributed by atoms with Gasteiger partial charge in [0.15, 0.2) is 0 Å². The minimum Gasteiger partial charge on any atom is -0.394 e. The number of ketones is 2. The minimum absolute atomic E-state index is 0.0479. The summed E-state index contributed by atoms with van der Waals surface area (Å²) >= 11 is 4.60. The fourth-order valence-corrected chi connectivity index (χ4v) is 3.07. The Kier molecular flexibility index (Phi) is 4.04. The molecular weight excluding hydrogens is 364 g/mol. The molecule has 0 fully saturated rings. The van der Waals surface area contributed by atoms with Crippen LogP contribution in [0.25, 0.3) is 0 Å². The number of carbonyl (C=O) groups excluding carboxylic acids is 2. The van der Waals surface area contributed by atoms with Crippen molar-refractivity contribution in [3.8, 4) is 0 Å². The van der Waals surface area contributed by atoms with E-state index in [2.05, 4.69) is 20.7 Å². The number of Topliss-reactive ketones (excluding diaryl/α,β-unsaturated/α-hetero) is 2. The fourth-order valence-electron chi connectivity index (χ4n) is 2.11. The first kappa shape index (κ1) is 14.9. The van der Waals surface area contributed by atoms with Crippen molar-refractivity contribution in [3.63, 3.8) is 0 Å². The van der Waals surface area contributed by atoms with Gasteiger partial charge in [0, 0.05) is 20.5 Å². The van der Waals surface area contributed by atoms with Crippen LogP contribution in [0.2, 0.25) is 0 Å². The van der Waals surface area contributed by atoms with E-state index in [1.165, 1.54) is 11.9 Å². The van der Waals surface area contributed by atoms with Crippen LogP contribution in [0.15, 0.2) is 69.3 Å². The molecule has 1 aliphatic carbocycles. The van der Waals surface area contributed by atoms with E-state index < -0.39 is 0 Å². The van der Waals surface area contributed by atoms with E-state index in [-0.39, 0.29) is 23.0 Å². The Morgan fingerprint density at radius 1 is 0.909 bits per heavy atom. The van der Waals surface area contributed by atoms with Crippen molar-refractivity contribution < 1.29 is 9.59 Å². The lowest BCUT2D eigenvalue weighted by atomic mass is 9.91. The summed E-state index contributed by atoms with van der Waals surface area (Å²) in [5.74, 6) is -0.591. The van der Waals surface area contributed by atoms with Gasteiger partial charge in [0.1, 0.15) is 11.4 Å². The van der Waals surface area contributed by atoms with E-state index in [4.69, 9.17) is 5.73 Å². The van der Waals surface area contributed by atoms with Crippen molar-refractivity contribution in [3.05, 3.63) is 75.5 Å². The number of nitrogens with two attached hydrogens (primary N) is 1. The number of nitrogens with one attached hydrogen (secondary N) is 1. The fraction of sp³-hybridized carbons (Fsp3) is 0. The molecule has 0 saturated carbocycles. The van der Waals surface area contributed by atoms with Crippen molar-refractivity contribution in [1.82, 2.24) is 4.72 Å². The van der Waals surface area contributed by atoms with Crippen LogP contribution in [0.4, 0.5) is 0 Å². The second-order valence-electron chi connectivity index (χ2n) is 4.65. The first-order valence-corrected chi connectivity index (χ1v) is 8.05. The molecule has 2 aromatic rings. The average molecular weight is 375 g/mol. The molecule has 0 atom stereocenters. The molecular formula is C16H11BrN2O2S. The molecule has 1 aliphatic rings. The van der Waals surface area contributed by atoms with Crippen LogP contribution in [0.3, 0.4) is 0 Å². The van der Waals surface area contributed by atoms with Crippen molar-refractivity contribution in [1.29, 1.82) is 0 Å². The van der Waals surface area contributed by atoms with Crippen molar-refractivity contribution in [2.24, 2.45) is 5.73 Å². The summed E-state index contributed by atoms with van der Waals surface area (Å²) in [7, 11) is 0. The van der Waals surface area contributed by atoms with Crippen LogP contribution in [-0.4, -0.2) is 11.6 Å². The standard InChI is InChI=1S/C16H11BrN2O2S/c17-9-5-7-10(8-6-9)22-19-14-13(18)15(20)11-3-1-2-4-12(11)16(14)21/h1-8,19H,18H2. The number of benzene rings is 2. The smallest absolute Gasteiger partial charge is 0.212 e. The molecule has 0 spiro atoms. The first-order valence-electron chi connectivity index (χ1n) is 6.44. The largest absolute Gasteiger partial charge is 0.394 e. The maximum atomic E-state index is 12.5. The first-order chi connectivity index (χ1) is 10.6. The second-order valence-corrected chi connectivity index (χ2v) is 6.45. The Labute approximate surface area is 140 Å². The molecule has 2 aromatic carbocycles. The quantitative estimate of drug-likeness (QED) is 0.806. The molecule has 0 unspecified atom stereocenters. The van der Waals surface area contributed by atoms with Crippen LogP contribution in [0, 0.1) is 0 Å². The number of hydrogen-bond donors (Lipinski definition) is 2. The number of carbonyl (C=O) groups is 2. The molecule has 0 saturated heterocycles. The van der Waals surface area contributed by atoms with Gasteiger partial charge in [-0.2, -0.15) is 0 Å². The zero-order chi connectivity index (χ0) is 15.7. The number of halogens is 1. The van der Waals surface area contributed by atoms with Crippen LogP contribution in [-0.2, 0) is 0 Å². The zero-order valence-electron chi connectivity index (χ0n) is 11.3. The van der Waals surface area contributed by atoms with Gasteiger partial charge < -0.3 is 10.5 Å². The summed E-state index contributed by atoms with van der Waals surface area (Å²) in [4.78, 5) is 25.6. The van der Waals surface area contributed by atoms with Gasteiger partial charge in [0.25, 0.3) is 0 Å². The van der Waals surface area contributed by atoms with Crippen LogP contribution >= 0.6 is 27.9 Å². The summed E-state index contributed by atoms with van der Waals surface area (Å²) in [6, 6.07) is 14.3. The Bertz CT molecular complexity index is 800. The van der Waals surface area contributed by atoms with Crippen LogP contribution in [0.1, 0.15) is 20.7 Å². The SMILES string of the molecule is NC1=C(NSc2ccc(Br)cc2)C(=O)c2ccccc2C1=O. The summed E-state index contributed by atoms with van der Waals surface area (Å²) in [5, 5.41) is 0. The van der Waals surface area contributed by atoms with Gasteiger partial charge in [0.05, 0.1) is 0 Å². The zero-order valence-corrected chi connectivity index (χ0v) is 13.7. The third kappa shape index (κ3) is 2.67. The highest BCUT2D eigenvalue weighted by molar-refractivity contribution is 9.10. The van der Waals surface area contributed by atoms with Gasteiger partial charge in [-0.15, -0.1) is 0 Å². The third-order valence-electron chi connectivity index (χ3n) is 3.24. The molecule has 110 valence electrons.